The molecule has 1 saturated heterocycles. The van der Waals surface area contributed by atoms with E-state index in [1.807, 2.05) is 36.4 Å². The van der Waals surface area contributed by atoms with E-state index >= 15 is 0 Å². The minimum Gasteiger partial charge on any atom is -0.497 e. The first kappa shape index (κ1) is 18.3. The fourth-order valence-electron chi connectivity index (χ4n) is 3.79. The first-order valence-corrected chi connectivity index (χ1v) is 9.51. The number of nitrogens with one attached hydrogen (secondary N) is 2. The predicted octanol–water partition coefficient (Wildman–Crippen LogP) is 3.78. The third kappa shape index (κ3) is 3.92. The third-order valence-corrected chi connectivity index (χ3v) is 5.21. The first-order valence-electron chi connectivity index (χ1n) is 9.51. The topological polar surface area (TPSA) is 50.4 Å². The summed E-state index contributed by atoms with van der Waals surface area (Å²) < 4.78 is 5.29. The highest BCUT2D eigenvalue weighted by Gasteiger charge is 2.39. The first-order chi connectivity index (χ1) is 13.7. The van der Waals surface area contributed by atoms with Crippen molar-refractivity contribution in [3.05, 3.63) is 95.6 Å². The van der Waals surface area contributed by atoms with Crippen LogP contribution in [0.3, 0.4) is 0 Å². The summed E-state index contributed by atoms with van der Waals surface area (Å²) in [5.74, 6) is 1.11. The predicted molar refractivity (Wildman–Crippen MR) is 112 cm³/mol. The molecule has 2 aliphatic rings. The van der Waals surface area contributed by atoms with E-state index in [0.29, 0.717) is 6.54 Å². The number of hydrogen-bond acceptors (Lipinski definition) is 3. The molecule has 1 fully saturated rings. The lowest BCUT2D eigenvalue weighted by Gasteiger charge is -2.32. The van der Waals surface area contributed by atoms with Gasteiger partial charge in [0.15, 0.2) is 0 Å². The molecule has 1 aliphatic heterocycles. The Morgan fingerprint density at radius 1 is 1.11 bits per heavy atom. The van der Waals surface area contributed by atoms with E-state index in [-0.39, 0.29) is 11.8 Å². The number of rotatable bonds is 5. The number of carbonyl (C=O) groups excluding carboxylic acids is 1. The molecule has 1 heterocycles. The molecule has 1 aliphatic carbocycles. The number of benzene rings is 2. The van der Waals surface area contributed by atoms with Gasteiger partial charge < -0.3 is 10.1 Å². The van der Waals surface area contributed by atoms with Gasteiger partial charge in [-0.15, -0.1) is 0 Å². The summed E-state index contributed by atoms with van der Waals surface area (Å²) in [5, 5.41) is 6.54. The monoisotopic (exact) mass is 372 g/mol. The van der Waals surface area contributed by atoms with Crippen LogP contribution in [0.1, 0.15) is 17.5 Å². The molecule has 1 amide bonds. The van der Waals surface area contributed by atoms with E-state index in [9.17, 15) is 4.79 Å². The van der Waals surface area contributed by atoms with Gasteiger partial charge in [0, 0.05) is 0 Å². The second-order valence-corrected chi connectivity index (χ2v) is 7.18. The zero-order valence-corrected chi connectivity index (χ0v) is 15.9. The van der Waals surface area contributed by atoms with Gasteiger partial charge in [-0.2, -0.15) is 0 Å². The van der Waals surface area contributed by atoms with E-state index < -0.39 is 5.66 Å². The lowest BCUT2D eigenvalue weighted by molar-refractivity contribution is -0.119. The highest BCUT2D eigenvalue weighted by atomic mass is 16.5. The normalized spacial score (nSPS) is 23.5. The Balaban J connectivity index is 1.51. The molecule has 0 spiro atoms. The molecule has 0 bridgehead atoms. The molecule has 142 valence electrons. The van der Waals surface area contributed by atoms with E-state index in [2.05, 4.69) is 59.2 Å². The molecule has 1 atom stereocenters. The van der Waals surface area contributed by atoms with Gasteiger partial charge in [0.05, 0.1) is 13.7 Å². The molecular weight excluding hydrogens is 348 g/mol. The second kappa shape index (κ2) is 7.87. The highest BCUT2D eigenvalue weighted by molar-refractivity contribution is 5.81. The number of carbonyl (C=O) groups is 1. The quantitative estimate of drug-likeness (QED) is 0.840. The van der Waals surface area contributed by atoms with Gasteiger partial charge in [-0.25, -0.2) is 0 Å². The summed E-state index contributed by atoms with van der Waals surface area (Å²) in [6.45, 7) is 0.343. The van der Waals surface area contributed by atoms with Gasteiger partial charge in [-0.05, 0) is 47.2 Å². The van der Waals surface area contributed by atoms with Gasteiger partial charge >= 0.3 is 0 Å². The number of allylic oxidation sites excluding steroid dienone is 5. The SMILES string of the molecule is COc1cccc(C=C2C=CC(CC3(c4ccccc4)NCC(=O)N3)C=C2)c1. The van der Waals surface area contributed by atoms with Crippen LogP contribution in [0.5, 0.6) is 5.75 Å². The summed E-state index contributed by atoms with van der Waals surface area (Å²) in [5.41, 5.74) is 2.81. The molecule has 28 heavy (non-hydrogen) atoms. The van der Waals surface area contributed by atoms with Crippen LogP contribution in [0.2, 0.25) is 0 Å². The van der Waals surface area contributed by atoms with Crippen molar-refractivity contribution in [2.24, 2.45) is 5.92 Å². The standard InChI is InChI=1S/C24H24N2O2/c1-28-22-9-5-6-20(15-22)14-18-10-12-19(13-11-18)16-24(25-17-23(27)26-24)21-7-3-2-4-8-21/h2-15,19,25H,16-17H2,1H3,(H,26,27). The maximum atomic E-state index is 12.0. The summed E-state index contributed by atoms with van der Waals surface area (Å²) >= 11 is 0. The number of hydrogen-bond donors (Lipinski definition) is 2. The van der Waals surface area contributed by atoms with Crippen LogP contribution < -0.4 is 15.4 Å². The van der Waals surface area contributed by atoms with Crippen LogP contribution in [-0.2, 0) is 10.5 Å². The average molecular weight is 372 g/mol. The van der Waals surface area contributed by atoms with E-state index in [0.717, 1.165) is 28.9 Å². The number of ether oxygens (including phenoxy) is 1. The zero-order valence-electron chi connectivity index (χ0n) is 15.9. The van der Waals surface area contributed by atoms with Crippen molar-refractivity contribution in [1.82, 2.24) is 10.6 Å². The summed E-state index contributed by atoms with van der Waals surface area (Å²) in [6.07, 6.45) is 11.6. The molecule has 1 unspecified atom stereocenters. The molecule has 4 heteroatoms. The van der Waals surface area contributed by atoms with Crippen molar-refractivity contribution in [3.63, 3.8) is 0 Å². The number of methoxy groups -OCH3 is 1. The van der Waals surface area contributed by atoms with Crippen LogP contribution in [0.25, 0.3) is 6.08 Å². The molecule has 2 aromatic carbocycles. The van der Waals surface area contributed by atoms with E-state index in [4.69, 9.17) is 4.74 Å². The Labute approximate surface area is 165 Å². The molecule has 0 saturated carbocycles. The molecule has 0 aromatic heterocycles. The Hall–Kier alpha value is -3.11. The Bertz CT molecular complexity index is 930. The zero-order chi connectivity index (χ0) is 19.4. The fraction of sp³-hybridized carbons (Fsp3) is 0.208. The fourth-order valence-corrected chi connectivity index (χ4v) is 3.79. The molecule has 0 radical (unpaired) electrons. The van der Waals surface area contributed by atoms with Gasteiger partial charge in [0.1, 0.15) is 11.4 Å². The Morgan fingerprint density at radius 2 is 1.89 bits per heavy atom. The lowest BCUT2D eigenvalue weighted by Crippen LogP contribution is -2.47. The van der Waals surface area contributed by atoms with Crippen molar-refractivity contribution in [2.45, 2.75) is 12.1 Å². The smallest absolute Gasteiger partial charge is 0.235 e. The molecular formula is C24H24N2O2. The molecule has 4 rings (SSSR count). The molecule has 2 aromatic rings. The number of amides is 1. The van der Waals surface area contributed by atoms with Gasteiger partial charge in [-0.3, -0.25) is 10.1 Å². The summed E-state index contributed by atoms with van der Waals surface area (Å²) in [4.78, 5) is 12.0. The minimum atomic E-state index is -0.522. The maximum Gasteiger partial charge on any atom is 0.235 e. The van der Waals surface area contributed by atoms with Crippen molar-refractivity contribution < 1.29 is 9.53 Å². The largest absolute Gasteiger partial charge is 0.497 e. The summed E-state index contributed by atoms with van der Waals surface area (Å²) in [6, 6.07) is 18.1. The summed E-state index contributed by atoms with van der Waals surface area (Å²) in [7, 11) is 1.68. The molecule has 4 nitrogen and oxygen atoms in total. The maximum absolute atomic E-state index is 12.0. The average Bonchev–Trinajstić information content (AvgIpc) is 3.12. The third-order valence-electron chi connectivity index (χ3n) is 5.21. The van der Waals surface area contributed by atoms with Crippen LogP contribution in [0, 0.1) is 5.92 Å². The van der Waals surface area contributed by atoms with Crippen LogP contribution in [0.4, 0.5) is 0 Å². The van der Waals surface area contributed by atoms with E-state index in [1.165, 1.54) is 0 Å². The van der Waals surface area contributed by atoms with Crippen molar-refractivity contribution in [2.75, 3.05) is 13.7 Å². The molecule has 2 N–H and O–H groups in total. The van der Waals surface area contributed by atoms with Gasteiger partial charge in [0.2, 0.25) is 5.91 Å². The van der Waals surface area contributed by atoms with Crippen LogP contribution in [0.15, 0.2) is 84.5 Å². The van der Waals surface area contributed by atoms with Crippen LogP contribution in [-0.4, -0.2) is 19.6 Å². The van der Waals surface area contributed by atoms with Crippen LogP contribution >= 0.6 is 0 Å². The highest BCUT2D eigenvalue weighted by Crippen LogP contribution is 2.32. The van der Waals surface area contributed by atoms with Crippen molar-refractivity contribution in [1.29, 1.82) is 0 Å². The van der Waals surface area contributed by atoms with E-state index in [1.54, 1.807) is 7.11 Å². The van der Waals surface area contributed by atoms with Gasteiger partial charge in [0.25, 0.3) is 0 Å². The minimum absolute atomic E-state index is 0.0335. The van der Waals surface area contributed by atoms with Crippen molar-refractivity contribution >= 4 is 12.0 Å². The van der Waals surface area contributed by atoms with Crippen molar-refractivity contribution in [3.8, 4) is 5.75 Å². The Morgan fingerprint density at radius 3 is 2.57 bits per heavy atom. The lowest BCUT2D eigenvalue weighted by atomic mass is 9.86. The second-order valence-electron chi connectivity index (χ2n) is 7.18. The van der Waals surface area contributed by atoms with Gasteiger partial charge in [-0.1, -0.05) is 66.8 Å². The Kier molecular flexibility index (Phi) is 5.13.